The number of fused-ring (bicyclic) bond motifs is 1. The number of benzene rings is 1. The summed E-state index contributed by atoms with van der Waals surface area (Å²) in [6.07, 6.45) is 0.964. The monoisotopic (exact) mass is 418 g/mol. The molecule has 166 valence electrons. The van der Waals surface area contributed by atoms with E-state index < -0.39 is 5.60 Å². The van der Waals surface area contributed by atoms with Gasteiger partial charge in [-0.2, -0.15) is 0 Å². The fourth-order valence-electron chi connectivity index (χ4n) is 3.81. The number of amides is 2. The fourth-order valence-corrected chi connectivity index (χ4v) is 3.81. The van der Waals surface area contributed by atoms with E-state index in [1.165, 1.54) is 0 Å². The number of nitrogens with zero attached hydrogens (tertiary/aromatic N) is 1. The molecule has 30 heavy (non-hydrogen) atoms. The SMILES string of the molecule is CC(C)[C@@H](NC(=O)C1CCN(C(=O)OC(C)(C)C)CC1)c1ccc2c(c1)OCCO2. The van der Waals surface area contributed by atoms with Crippen LogP contribution < -0.4 is 14.8 Å². The molecule has 7 nitrogen and oxygen atoms in total. The molecule has 1 fully saturated rings. The second kappa shape index (κ2) is 9.14. The van der Waals surface area contributed by atoms with Crippen molar-refractivity contribution in [3.63, 3.8) is 0 Å². The predicted octanol–water partition coefficient (Wildman–Crippen LogP) is 3.92. The van der Waals surface area contributed by atoms with E-state index in [1.54, 1.807) is 4.90 Å². The van der Waals surface area contributed by atoms with E-state index in [-0.39, 0.29) is 29.9 Å². The number of carbonyl (C=O) groups is 2. The Kier molecular flexibility index (Phi) is 6.78. The van der Waals surface area contributed by atoms with Crippen LogP contribution in [0.15, 0.2) is 18.2 Å². The van der Waals surface area contributed by atoms with Crippen LogP contribution in [-0.4, -0.2) is 48.8 Å². The summed E-state index contributed by atoms with van der Waals surface area (Å²) in [5.74, 6) is 1.62. The van der Waals surface area contributed by atoms with Crippen molar-refractivity contribution in [1.29, 1.82) is 0 Å². The Morgan fingerprint density at radius 2 is 1.73 bits per heavy atom. The van der Waals surface area contributed by atoms with Gasteiger partial charge in [0.1, 0.15) is 18.8 Å². The molecule has 0 aromatic heterocycles. The first-order valence-electron chi connectivity index (χ1n) is 10.8. The van der Waals surface area contributed by atoms with E-state index in [0.29, 0.717) is 39.1 Å². The average Bonchev–Trinajstić information content (AvgIpc) is 2.70. The van der Waals surface area contributed by atoms with Crippen molar-refractivity contribution in [1.82, 2.24) is 10.2 Å². The first-order chi connectivity index (χ1) is 14.1. The van der Waals surface area contributed by atoms with Gasteiger partial charge in [0.15, 0.2) is 11.5 Å². The largest absolute Gasteiger partial charge is 0.486 e. The van der Waals surface area contributed by atoms with Gasteiger partial charge in [-0.15, -0.1) is 0 Å². The van der Waals surface area contributed by atoms with E-state index in [1.807, 2.05) is 39.0 Å². The molecule has 2 aliphatic heterocycles. The number of hydrogen-bond acceptors (Lipinski definition) is 5. The Morgan fingerprint density at radius 3 is 2.33 bits per heavy atom. The van der Waals surface area contributed by atoms with Crippen LogP contribution in [0.2, 0.25) is 0 Å². The summed E-state index contributed by atoms with van der Waals surface area (Å²) >= 11 is 0. The molecule has 0 bridgehead atoms. The Balaban J connectivity index is 1.59. The molecule has 2 aliphatic rings. The third kappa shape index (κ3) is 5.58. The maximum Gasteiger partial charge on any atom is 0.410 e. The topological polar surface area (TPSA) is 77.1 Å². The molecule has 0 saturated carbocycles. The molecule has 3 rings (SSSR count). The smallest absolute Gasteiger partial charge is 0.410 e. The second-order valence-electron chi connectivity index (χ2n) is 9.38. The summed E-state index contributed by atoms with van der Waals surface area (Å²) in [4.78, 5) is 26.9. The summed E-state index contributed by atoms with van der Waals surface area (Å²) in [7, 11) is 0. The first kappa shape index (κ1) is 22.2. The highest BCUT2D eigenvalue weighted by Gasteiger charge is 2.31. The minimum atomic E-state index is -0.514. The minimum absolute atomic E-state index is 0.0347. The highest BCUT2D eigenvalue weighted by atomic mass is 16.6. The summed E-state index contributed by atoms with van der Waals surface area (Å²) in [6.45, 7) is 11.9. The normalized spacial score (nSPS) is 18.1. The van der Waals surface area contributed by atoms with Gasteiger partial charge in [-0.3, -0.25) is 4.79 Å². The third-order valence-corrected chi connectivity index (χ3v) is 5.41. The van der Waals surface area contributed by atoms with E-state index in [2.05, 4.69) is 19.2 Å². The standard InChI is InChI=1S/C23H34N2O5/c1-15(2)20(17-6-7-18-19(14-17)29-13-12-28-18)24-21(26)16-8-10-25(11-9-16)22(27)30-23(3,4)5/h6-7,14-16,20H,8-13H2,1-5H3,(H,24,26)/t20-/m1/s1. The average molecular weight is 419 g/mol. The Labute approximate surface area is 179 Å². The molecule has 1 aromatic rings. The van der Waals surface area contributed by atoms with Crippen LogP contribution in [-0.2, 0) is 9.53 Å². The van der Waals surface area contributed by atoms with Crippen molar-refractivity contribution in [2.45, 2.75) is 59.1 Å². The Hall–Kier alpha value is -2.44. The van der Waals surface area contributed by atoms with Gasteiger partial charge in [-0.1, -0.05) is 19.9 Å². The number of likely N-dealkylation sites (tertiary alicyclic amines) is 1. The van der Waals surface area contributed by atoms with Gasteiger partial charge < -0.3 is 24.4 Å². The van der Waals surface area contributed by atoms with Crippen molar-refractivity contribution in [3.8, 4) is 11.5 Å². The fraction of sp³-hybridized carbons (Fsp3) is 0.652. The lowest BCUT2D eigenvalue weighted by Gasteiger charge is -2.34. The summed E-state index contributed by atoms with van der Waals surface area (Å²) < 4.78 is 16.7. The van der Waals surface area contributed by atoms with E-state index >= 15 is 0 Å². The molecular formula is C23H34N2O5. The number of piperidine rings is 1. The lowest BCUT2D eigenvalue weighted by Crippen LogP contribution is -2.45. The second-order valence-corrected chi connectivity index (χ2v) is 9.38. The van der Waals surface area contributed by atoms with Crippen molar-refractivity contribution >= 4 is 12.0 Å². The molecule has 0 spiro atoms. The molecule has 1 atom stereocenters. The zero-order valence-electron chi connectivity index (χ0n) is 18.7. The number of ether oxygens (including phenoxy) is 3. The zero-order chi connectivity index (χ0) is 21.9. The van der Waals surface area contributed by atoms with E-state index in [0.717, 1.165) is 17.1 Å². The molecule has 1 aromatic carbocycles. The molecule has 1 saturated heterocycles. The van der Waals surface area contributed by atoms with Crippen LogP contribution in [0.25, 0.3) is 0 Å². The lowest BCUT2D eigenvalue weighted by molar-refractivity contribution is -0.127. The Bertz CT molecular complexity index is 763. The van der Waals surface area contributed by atoms with Crippen molar-refractivity contribution in [2.24, 2.45) is 11.8 Å². The molecule has 0 radical (unpaired) electrons. The van der Waals surface area contributed by atoms with Crippen LogP contribution in [0, 0.1) is 11.8 Å². The van der Waals surface area contributed by atoms with Crippen molar-refractivity contribution in [3.05, 3.63) is 23.8 Å². The van der Waals surface area contributed by atoms with Crippen molar-refractivity contribution < 1.29 is 23.8 Å². The van der Waals surface area contributed by atoms with Crippen molar-refractivity contribution in [2.75, 3.05) is 26.3 Å². The zero-order valence-corrected chi connectivity index (χ0v) is 18.7. The van der Waals surface area contributed by atoms with Crippen LogP contribution in [0.5, 0.6) is 11.5 Å². The number of carbonyl (C=O) groups excluding carboxylic acids is 2. The summed E-state index contributed by atoms with van der Waals surface area (Å²) in [5, 5.41) is 3.22. The maximum absolute atomic E-state index is 13.0. The third-order valence-electron chi connectivity index (χ3n) is 5.41. The van der Waals surface area contributed by atoms with Gasteiger partial charge in [-0.05, 0) is 57.2 Å². The molecule has 0 unspecified atom stereocenters. The van der Waals surface area contributed by atoms with E-state index in [9.17, 15) is 9.59 Å². The molecule has 7 heteroatoms. The minimum Gasteiger partial charge on any atom is -0.486 e. The molecule has 0 aliphatic carbocycles. The number of rotatable bonds is 4. The van der Waals surface area contributed by atoms with Gasteiger partial charge in [0.25, 0.3) is 0 Å². The maximum atomic E-state index is 13.0. The van der Waals surface area contributed by atoms with Crippen LogP contribution >= 0.6 is 0 Å². The molecule has 2 amide bonds. The molecule has 1 N–H and O–H groups in total. The molecule has 2 heterocycles. The number of nitrogens with one attached hydrogen (secondary N) is 1. The molecular weight excluding hydrogens is 384 g/mol. The van der Waals surface area contributed by atoms with Crippen LogP contribution in [0.4, 0.5) is 4.79 Å². The highest BCUT2D eigenvalue weighted by molar-refractivity contribution is 5.79. The first-order valence-corrected chi connectivity index (χ1v) is 10.8. The summed E-state index contributed by atoms with van der Waals surface area (Å²) in [6, 6.07) is 5.75. The predicted molar refractivity (Wildman–Crippen MR) is 114 cm³/mol. The van der Waals surface area contributed by atoms with Crippen LogP contribution in [0.1, 0.15) is 59.1 Å². The van der Waals surface area contributed by atoms with Gasteiger partial charge in [-0.25, -0.2) is 4.79 Å². The highest BCUT2D eigenvalue weighted by Crippen LogP contribution is 2.34. The van der Waals surface area contributed by atoms with Gasteiger partial charge in [0.2, 0.25) is 5.91 Å². The van der Waals surface area contributed by atoms with Gasteiger partial charge in [0.05, 0.1) is 6.04 Å². The Morgan fingerprint density at radius 1 is 1.10 bits per heavy atom. The quantitative estimate of drug-likeness (QED) is 0.802. The van der Waals surface area contributed by atoms with Gasteiger partial charge >= 0.3 is 6.09 Å². The van der Waals surface area contributed by atoms with Crippen LogP contribution in [0.3, 0.4) is 0 Å². The number of hydrogen-bond donors (Lipinski definition) is 1. The summed E-state index contributed by atoms with van der Waals surface area (Å²) in [5.41, 5.74) is 0.494. The lowest BCUT2D eigenvalue weighted by atomic mass is 9.92. The van der Waals surface area contributed by atoms with E-state index in [4.69, 9.17) is 14.2 Å². The van der Waals surface area contributed by atoms with Gasteiger partial charge in [0, 0.05) is 19.0 Å².